The Morgan fingerprint density at radius 3 is 2.80 bits per heavy atom. The zero-order chi connectivity index (χ0) is 20.3. The molecule has 1 amide bonds. The maximum absolute atomic E-state index is 12.6. The van der Waals surface area contributed by atoms with Gasteiger partial charge in [0.15, 0.2) is 18.1 Å². The van der Waals surface area contributed by atoms with Crippen LogP contribution in [0.25, 0.3) is 16.8 Å². The van der Waals surface area contributed by atoms with Crippen molar-refractivity contribution in [2.24, 2.45) is 0 Å². The fourth-order valence-corrected chi connectivity index (χ4v) is 3.67. The highest BCUT2D eigenvalue weighted by atomic mass is 16.5. The Hall–Kier alpha value is -3.75. The fraction of sp³-hybridized carbons (Fsp3) is 0.286. The summed E-state index contributed by atoms with van der Waals surface area (Å²) in [5, 5.41) is 11.1. The van der Waals surface area contributed by atoms with E-state index in [2.05, 4.69) is 20.5 Å². The molecule has 1 aliphatic heterocycles. The fourth-order valence-electron chi connectivity index (χ4n) is 3.67. The summed E-state index contributed by atoms with van der Waals surface area (Å²) in [6.07, 6.45) is 3.16. The molecule has 0 saturated carbocycles. The predicted octanol–water partition coefficient (Wildman–Crippen LogP) is 2.59. The van der Waals surface area contributed by atoms with Crippen LogP contribution in [0.2, 0.25) is 0 Å². The molecule has 1 aliphatic rings. The van der Waals surface area contributed by atoms with Crippen molar-refractivity contribution in [1.82, 2.24) is 30.1 Å². The van der Waals surface area contributed by atoms with Crippen LogP contribution in [0.15, 0.2) is 59.3 Å². The second kappa shape index (κ2) is 7.94. The number of hydrogen-bond donors (Lipinski definition) is 0. The molecule has 3 heterocycles. The van der Waals surface area contributed by atoms with E-state index in [1.165, 1.54) is 11.0 Å². The number of aromatic nitrogens is 5. The van der Waals surface area contributed by atoms with Gasteiger partial charge in [0.05, 0.1) is 5.69 Å². The van der Waals surface area contributed by atoms with Crippen molar-refractivity contribution in [2.75, 3.05) is 19.7 Å². The molecule has 0 aliphatic carbocycles. The minimum atomic E-state index is -0.0289. The third kappa shape index (κ3) is 3.73. The van der Waals surface area contributed by atoms with E-state index in [1.54, 1.807) is 12.1 Å². The number of oxazole rings is 1. The van der Waals surface area contributed by atoms with Gasteiger partial charge in [-0.1, -0.05) is 18.2 Å². The number of nitrogens with zero attached hydrogens (tertiary/aromatic N) is 6. The molecule has 2 aromatic carbocycles. The monoisotopic (exact) mass is 404 g/mol. The summed E-state index contributed by atoms with van der Waals surface area (Å²) in [5.41, 5.74) is 2.45. The minimum absolute atomic E-state index is 0.00733. The molecule has 152 valence electrons. The number of piperidine rings is 1. The zero-order valence-corrected chi connectivity index (χ0v) is 16.2. The first-order valence-corrected chi connectivity index (χ1v) is 9.86. The molecule has 9 nitrogen and oxygen atoms in total. The number of amides is 1. The summed E-state index contributed by atoms with van der Waals surface area (Å²) in [7, 11) is 0. The molecule has 1 fully saturated rings. The minimum Gasteiger partial charge on any atom is -0.484 e. The predicted molar refractivity (Wildman–Crippen MR) is 107 cm³/mol. The molecule has 30 heavy (non-hydrogen) atoms. The highest BCUT2D eigenvalue weighted by Gasteiger charge is 2.27. The maximum Gasteiger partial charge on any atom is 0.260 e. The van der Waals surface area contributed by atoms with E-state index in [0.29, 0.717) is 18.8 Å². The Morgan fingerprint density at radius 2 is 2.00 bits per heavy atom. The highest BCUT2D eigenvalue weighted by Crippen LogP contribution is 2.30. The lowest BCUT2D eigenvalue weighted by atomic mass is 9.97. The second-order valence-electron chi connectivity index (χ2n) is 7.22. The Bertz CT molecular complexity index is 1120. The van der Waals surface area contributed by atoms with Crippen LogP contribution >= 0.6 is 0 Å². The van der Waals surface area contributed by atoms with Crippen LogP contribution in [0.4, 0.5) is 0 Å². The van der Waals surface area contributed by atoms with Gasteiger partial charge in [-0.15, -0.1) is 5.10 Å². The van der Waals surface area contributed by atoms with E-state index >= 15 is 0 Å². The van der Waals surface area contributed by atoms with Gasteiger partial charge in [-0.2, -0.15) is 0 Å². The first-order chi connectivity index (χ1) is 14.8. The molecule has 2 aromatic heterocycles. The van der Waals surface area contributed by atoms with Crippen LogP contribution in [0.1, 0.15) is 24.7 Å². The quantitative estimate of drug-likeness (QED) is 0.504. The average molecular weight is 404 g/mol. The highest BCUT2D eigenvalue weighted by molar-refractivity contribution is 5.78. The van der Waals surface area contributed by atoms with Gasteiger partial charge in [-0.3, -0.25) is 4.79 Å². The Morgan fingerprint density at radius 1 is 1.13 bits per heavy atom. The van der Waals surface area contributed by atoms with E-state index in [0.717, 1.165) is 35.5 Å². The Kier molecular flexibility index (Phi) is 4.84. The number of rotatable bonds is 5. The van der Waals surface area contributed by atoms with Gasteiger partial charge in [0.25, 0.3) is 5.91 Å². The first kappa shape index (κ1) is 18.3. The third-order valence-corrected chi connectivity index (χ3v) is 5.30. The molecule has 0 bridgehead atoms. The van der Waals surface area contributed by atoms with Crippen LogP contribution < -0.4 is 4.74 Å². The summed E-state index contributed by atoms with van der Waals surface area (Å²) in [5.74, 6) is 1.56. The number of tetrazole rings is 1. The van der Waals surface area contributed by atoms with E-state index < -0.39 is 0 Å². The van der Waals surface area contributed by atoms with E-state index in [1.807, 2.05) is 41.3 Å². The number of para-hydroxylation sites is 2. The molecular formula is C21H20N6O3. The van der Waals surface area contributed by atoms with Crippen molar-refractivity contribution in [3.05, 3.63) is 60.7 Å². The summed E-state index contributed by atoms with van der Waals surface area (Å²) in [4.78, 5) is 19.0. The molecule has 0 unspecified atom stereocenters. The van der Waals surface area contributed by atoms with Crippen LogP contribution in [-0.2, 0) is 4.79 Å². The van der Waals surface area contributed by atoms with E-state index in [4.69, 9.17) is 9.15 Å². The van der Waals surface area contributed by atoms with Gasteiger partial charge in [0.1, 0.15) is 17.6 Å². The molecule has 0 spiro atoms. The number of carbonyl (C=O) groups is 1. The molecule has 0 radical (unpaired) electrons. The van der Waals surface area contributed by atoms with Crippen molar-refractivity contribution in [1.29, 1.82) is 0 Å². The SMILES string of the molecule is O=C(COc1cccc(-n2cnnn2)c1)N1CCC(c2nc3ccccc3o2)CC1. The van der Waals surface area contributed by atoms with Crippen LogP contribution in [0.5, 0.6) is 5.75 Å². The second-order valence-corrected chi connectivity index (χ2v) is 7.22. The number of fused-ring (bicyclic) bond motifs is 1. The third-order valence-electron chi connectivity index (χ3n) is 5.30. The molecule has 5 rings (SSSR count). The number of carbonyl (C=O) groups excluding carboxylic acids is 1. The lowest BCUT2D eigenvalue weighted by Gasteiger charge is -2.30. The van der Waals surface area contributed by atoms with E-state index in [-0.39, 0.29) is 18.4 Å². The van der Waals surface area contributed by atoms with Crippen molar-refractivity contribution >= 4 is 17.0 Å². The first-order valence-electron chi connectivity index (χ1n) is 9.86. The standard InChI is InChI=1S/C21H20N6O3/c28-20(13-29-17-5-3-4-16(12-17)27-14-22-24-25-27)26-10-8-15(9-11-26)21-23-18-6-1-2-7-19(18)30-21/h1-7,12,14-15H,8-11,13H2. The average Bonchev–Trinajstić information content (AvgIpc) is 3.48. The smallest absolute Gasteiger partial charge is 0.260 e. The van der Waals surface area contributed by atoms with Crippen molar-refractivity contribution in [2.45, 2.75) is 18.8 Å². The van der Waals surface area contributed by atoms with Crippen LogP contribution in [-0.4, -0.2) is 55.7 Å². The largest absolute Gasteiger partial charge is 0.484 e. The molecule has 9 heteroatoms. The van der Waals surface area contributed by atoms with Crippen molar-refractivity contribution in [3.8, 4) is 11.4 Å². The van der Waals surface area contributed by atoms with Crippen molar-refractivity contribution in [3.63, 3.8) is 0 Å². The number of likely N-dealkylation sites (tertiary alicyclic amines) is 1. The summed E-state index contributed by atoms with van der Waals surface area (Å²) >= 11 is 0. The summed E-state index contributed by atoms with van der Waals surface area (Å²) < 4.78 is 13.1. The maximum atomic E-state index is 12.6. The van der Waals surface area contributed by atoms with Gasteiger partial charge in [-0.25, -0.2) is 9.67 Å². The molecule has 1 saturated heterocycles. The zero-order valence-electron chi connectivity index (χ0n) is 16.2. The molecule has 0 N–H and O–H groups in total. The molecular weight excluding hydrogens is 384 g/mol. The Labute approximate surface area is 172 Å². The van der Waals surface area contributed by atoms with Crippen LogP contribution in [0, 0.1) is 0 Å². The molecule has 4 aromatic rings. The van der Waals surface area contributed by atoms with Gasteiger partial charge in [0, 0.05) is 25.1 Å². The van der Waals surface area contributed by atoms with Gasteiger partial charge >= 0.3 is 0 Å². The van der Waals surface area contributed by atoms with Crippen molar-refractivity contribution < 1.29 is 13.9 Å². The van der Waals surface area contributed by atoms with Gasteiger partial charge in [0.2, 0.25) is 0 Å². The topological polar surface area (TPSA) is 99.2 Å². The number of hydrogen-bond acceptors (Lipinski definition) is 7. The number of ether oxygens (including phenoxy) is 1. The lowest BCUT2D eigenvalue weighted by molar-refractivity contribution is -0.134. The van der Waals surface area contributed by atoms with Gasteiger partial charge < -0.3 is 14.1 Å². The Balaban J connectivity index is 1.16. The van der Waals surface area contributed by atoms with Crippen LogP contribution in [0.3, 0.4) is 0 Å². The van der Waals surface area contributed by atoms with E-state index in [9.17, 15) is 4.79 Å². The van der Waals surface area contributed by atoms with Gasteiger partial charge in [-0.05, 0) is 47.5 Å². The lowest BCUT2D eigenvalue weighted by Crippen LogP contribution is -2.40. The molecule has 0 atom stereocenters. The summed E-state index contributed by atoms with van der Waals surface area (Å²) in [6, 6.07) is 15.1. The number of benzene rings is 2. The summed E-state index contributed by atoms with van der Waals surface area (Å²) in [6.45, 7) is 1.32. The normalized spacial score (nSPS) is 14.9.